The van der Waals surface area contributed by atoms with Crippen LogP contribution in [0.5, 0.6) is 11.5 Å². The number of ether oxygens (including phenoxy) is 2. The third-order valence-electron chi connectivity index (χ3n) is 1.60. The van der Waals surface area contributed by atoms with E-state index in [2.05, 4.69) is 9.47 Å². The number of halogens is 5. The summed E-state index contributed by atoms with van der Waals surface area (Å²) in [7, 11) is 0. The van der Waals surface area contributed by atoms with Crippen molar-refractivity contribution in [3.8, 4) is 11.5 Å². The average Bonchev–Trinajstić information content (AvgIpc) is 2.06. The molecule has 0 radical (unpaired) electrons. The number of alkyl halides is 5. The minimum Gasteiger partial charge on any atom is -0.435 e. The molecule has 0 heterocycles. The smallest absolute Gasteiger partial charge is 0.435 e. The van der Waals surface area contributed by atoms with Crippen LogP contribution >= 0.6 is 0 Å². The summed E-state index contributed by atoms with van der Waals surface area (Å²) in [5, 5.41) is 0. The lowest BCUT2D eigenvalue weighted by molar-refractivity contribution is -0.274. The van der Waals surface area contributed by atoms with Crippen LogP contribution < -0.4 is 9.47 Å². The molecule has 7 heteroatoms. The first-order valence-electron chi connectivity index (χ1n) is 4.09. The van der Waals surface area contributed by atoms with E-state index in [1.54, 1.807) is 0 Å². The maximum atomic E-state index is 11.9. The van der Waals surface area contributed by atoms with Crippen molar-refractivity contribution in [3.63, 3.8) is 0 Å². The van der Waals surface area contributed by atoms with Crippen LogP contribution in [0.4, 0.5) is 22.0 Å². The molecule has 0 spiro atoms. The van der Waals surface area contributed by atoms with Crippen LogP contribution in [0.1, 0.15) is 5.56 Å². The fourth-order valence-corrected chi connectivity index (χ4v) is 1.04. The molecule has 90 valence electrons. The number of hydrogen-bond acceptors (Lipinski definition) is 2. The molecule has 0 aliphatic rings. The lowest BCUT2D eigenvalue weighted by atomic mass is 10.2. The zero-order chi connectivity index (χ0) is 12.3. The molecule has 1 rings (SSSR count). The van der Waals surface area contributed by atoms with Crippen molar-refractivity contribution >= 4 is 0 Å². The third kappa shape index (κ3) is 3.92. The molecule has 0 atom stereocenters. The Balaban J connectivity index is 2.83. The van der Waals surface area contributed by atoms with Gasteiger partial charge in [0.2, 0.25) is 0 Å². The third-order valence-corrected chi connectivity index (χ3v) is 1.60. The number of benzene rings is 1. The SMILES string of the molecule is Cc1cc(OC(F)F)ccc1OC(F)(F)F. The van der Waals surface area contributed by atoms with E-state index in [-0.39, 0.29) is 11.3 Å². The molecular formula is C9H7F5O2. The molecule has 0 fully saturated rings. The predicted octanol–water partition coefficient (Wildman–Crippen LogP) is 3.50. The van der Waals surface area contributed by atoms with Crippen molar-refractivity contribution in [2.45, 2.75) is 19.9 Å². The summed E-state index contributed by atoms with van der Waals surface area (Å²) in [5.74, 6) is -0.670. The number of aryl methyl sites for hydroxylation is 1. The van der Waals surface area contributed by atoms with E-state index in [1.165, 1.54) is 6.92 Å². The maximum absolute atomic E-state index is 11.9. The van der Waals surface area contributed by atoms with Crippen LogP contribution in [0.2, 0.25) is 0 Å². The zero-order valence-corrected chi connectivity index (χ0v) is 8.02. The molecule has 1 aromatic rings. The minimum atomic E-state index is -4.81. The van der Waals surface area contributed by atoms with Gasteiger partial charge in [-0.3, -0.25) is 0 Å². The van der Waals surface area contributed by atoms with Crippen molar-refractivity contribution in [2.24, 2.45) is 0 Å². The maximum Gasteiger partial charge on any atom is 0.573 e. The normalized spacial score (nSPS) is 11.7. The molecule has 0 aliphatic heterocycles. The van der Waals surface area contributed by atoms with Gasteiger partial charge in [-0.15, -0.1) is 13.2 Å². The number of hydrogen-bond donors (Lipinski definition) is 0. The Bertz CT molecular complexity index is 361. The van der Waals surface area contributed by atoms with Crippen LogP contribution in [0.25, 0.3) is 0 Å². The first-order valence-corrected chi connectivity index (χ1v) is 4.09. The van der Waals surface area contributed by atoms with Gasteiger partial charge in [-0.05, 0) is 30.7 Å². The van der Waals surface area contributed by atoms with Crippen LogP contribution in [0, 0.1) is 6.92 Å². The summed E-state index contributed by atoms with van der Waals surface area (Å²) in [5.41, 5.74) is 0.0514. The first-order chi connectivity index (χ1) is 7.28. The van der Waals surface area contributed by atoms with Gasteiger partial charge in [0.1, 0.15) is 11.5 Å². The minimum absolute atomic E-state index is 0.0514. The van der Waals surface area contributed by atoms with E-state index in [9.17, 15) is 22.0 Å². The highest BCUT2D eigenvalue weighted by Crippen LogP contribution is 2.29. The fourth-order valence-electron chi connectivity index (χ4n) is 1.04. The fraction of sp³-hybridized carbons (Fsp3) is 0.333. The van der Waals surface area contributed by atoms with E-state index < -0.39 is 18.7 Å². The molecule has 1 aromatic carbocycles. The van der Waals surface area contributed by atoms with Gasteiger partial charge in [0.25, 0.3) is 0 Å². The highest BCUT2D eigenvalue weighted by atomic mass is 19.4. The lowest BCUT2D eigenvalue weighted by Crippen LogP contribution is -2.17. The summed E-state index contributed by atoms with van der Waals surface area (Å²) in [6.07, 6.45) is -4.81. The Kier molecular flexibility index (Phi) is 3.56. The quantitative estimate of drug-likeness (QED) is 0.755. The Morgan fingerprint density at radius 1 is 1.19 bits per heavy atom. The molecule has 0 saturated carbocycles. The molecule has 0 aromatic heterocycles. The van der Waals surface area contributed by atoms with Crippen molar-refractivity contribution in [3.05, 3.63) is 23.8 Å². The largest absolute Gasteiger partial charge is 0.573 e. The van der Waals surface area contributed by atoms with Crippen LogP contribution in [-0.4, -0.2) is 13.0 Å². The van der Waals surface area contributed by atoms with E-state index in [4.69, 9.17) is 0 Å². The standard InChI is InChI=1S/C9H7F5O2/c1-5-4-6(15-8(10)11)2-3-7(5)16-9(12,13)14/h2-4,8H,1H3. The van der Waals surface area contributed by atoms with Gasteiger partial charge >= 0.3 is 13.0 Å². The Morgan fingerprint density at radius 3 is 2.25 bits per heavy atom. The van der Waals surface area contributed by atoms with Gasteiger partial charge in [-0.25, -0.2) is 0 Å². The topological polar surface area (TPSA) is 18.5 Å². The van der Waals surface area contributed by atoms with Gasteiger partial charge in [-0.1, -0.05) is 0 Å². The van der Waals surface area contributed by atoms with Crippen LogP contribution in [0.3, 0.4) is 0 Å². The molecule has 0 aliphatic carbocycles. The lowest BCUT2D eigenvalue weighted by Gasteiger charge is -2.12. The van der Waals surface area contributed by atoms with E-state index in [0.717, 1.165) is 18.2 Å². The molecule has 0 bridgehead atoms. The molecular weight excluding hydrogens is 235 g/mol. The second-order valence-corrected chi connectivity index (χ2v) is 2.85. The summed E-state index contributed by atoms with van der Waals surface area (Å²) >= 11 is 0. The van der Waals surface area contributed by atoms with Crippen molar-refractivity contribution in [2.75, 3.05) is 0 Å². The van der Waals surface area contributed by atoms with Crippen LogP contribution in [-0.2, 0) is 0 Å². The van der Waals surface area contributed by atoms with Gasteiger partial charge in [0, 0.05) is 0 Å². The molecule has 0 saturated heterocycles. The van der Waals surface area contributed by atoms with Gasteiger partial charge in [0.05, 0.1) is 0 Å². The molecule has 0 amide bonds. The average molecular weight is 242 g/mol. The van der Waals surface area contributed by atoms with Crippen LogP contribution in [0.15, 0.2) is 18.2 Å². The summed E-state index contributed by atoms with van der Waals surface area (Å²) in [4.78, 5) is 0. The first kappa shape index (κ1) is 12.5. The van der Waals surface area contributed by atoms with Crippen molar-refractivity contribution < 1.29 is 31.4 Å². The van der Waals surface area contributed by atoms with Gasteiger partial charge < -0.3 is 9.47 Å². The van der Waals surface area contributed by atoms with E-state index in [1.807, 2.05) is 0 Å². The van der Waals surface area contributed by atoms with E-state index in [0.29, 0.717) is 0 Å². The van der Waals surface area contributed by atoms with Crippen molar-refractivity contribution in [1.82, 2.24) is 0 Å². The highest BCUT2D eigenvalue weighted by Gasteiger charge is 2.31. The monoisotopic (exact) mass is 242 g/mol. The highest BCUT2D eigenvalue weighted by molar-refractivity contribution is 5.39. The Hall–Kier alpha value is -1.53. The molecule has 2 nitrogen and oxygen atoms in total. The summed E-state index contributed by atoms with van der Waals surface area (Å²) in [6, 6.07) is 2.92. The Morgan fingerprint density at radius 2 is 1.81 bits per heavy atom. The molecule has 16 heavy (non-hydrogen) atoms. The molecule has 0 unspecified atom stereocenters. The second kappa shape index (κ2) is 4.54. The summed E-state index contributed by atoms with van der Waals surface area (Å²) < 4.78 is 66.8. The predicted molar refractivity (Wildman–Crippen MR) is 44.5 cm³/mol. The Labute approximate surface area is 87.6 Å². The second-order valence-electron chi connectivity index (χ2n) is 2.85. The molecule has 0 N–H and O–H groups in total. The van der Waals surface area contributed by atoms with Gasteiger partial charge in [-0.2, -0.15) is 8.78 Å². The zero-order valence-electron chi connectivity index (χ0n) is 8.02. The number of rotatable bonds is 3. The summed E-state index contributed by atoms with van der Waals surface area (Å²) in [6.45, 7) is -1.73. The van der Waals surface area contributed by atoms with E-state index >= 15 is 0 Å². The van der Waals surface area contributed by atoms with Crippen molar-refractivity contribution in [1.29, 1.82) is 0 Å². The van der Waals surface area contributed by atoms with Gasteiger partial charge in [0.15, 0.2) is 0 Å².